The van der Waals surface area contributed by atoms with Gasteiger partial charge in [0.25, 0.3) is 0 Å². The SMILES string of the molecule is O=C(CNCC1CCCO1)N1CCN(S(=O)(=O)c2ccccc2)CC1. The molecule has 2 saturated heterocycles. The molecule has 2 aliphatic rings. The molecule has 1 amide bonds. The Bertz CT molecular complexity index is 666. The summed E-state index contributed by atoms with van der Waals surface area (Å²) in [6.45, 7) is 3.26. The molecule has 0 spiro atoms. The van der Waals surface area contributed by atoms with E-state index in [-0.39, 0.29) is 18.6 Å². The van der Waals surface area contributed by atoms with Crippen molar-refractivity contribution in [3.63, 3.8) is 0 Å². The van der Waals surface area contributed by atoms with Crippen LogP contribution < -0.4 is 5.32 Å². The normalized spacial score (nSPS) is 22.2. The smallest absolute Gasteiger partial charge is 0.243 e. The molecule has 25 heavy (non-hydrogen) atoms. The molecule has 3 rings (SSSR count). The molecule has 8 heteroatoms. The maximum Gasteiger partial charge on any atom is 0.243 e. The zero-order valence-electron chi connectivity index (χ0n) is 14.3. The molecule has 0 bridgehead atoms. The number of carbonyl (C=O) groups is 1. The van der Waals surface area contributed by atoms with Gasteiger partial charge in [0.15, 0.2) is 0 Å². The number of carbonyl (C=O) groups excluding carboxylic acids is 1. The third-order valence-corrected chi connectivity index (χ3v) is 6.56. The lowest BCUT2D eigenvalue weighted by atomic mass is 10.2. The predicted molar refractivity (Wildman–Crippen MR) is 93.6 cm³/mol. The minimum Gasteiger partial charge on any atom is -0.377 e. The van der Waals surface area contributed by atoms with Crippen LogP contribution in [0.25, 0.3) is 0 Å². The van der Waals surface area contributed by atoms with Gasteiger partial charge in [-0.05, 0) is 25.0 Å². The number of hydrogen-bond acceptors (Lipinski definition) is 5. The summed E-state index contributed by atoms with van der Waals surface area (Å²) >= 11 is 0. The fraction of sp³-hybridized carbons (Fsp3) is 0.588. The lowest BCUT2D eigenvalue weighted by molar-refractivity contribution is -0.131. The molecule has 0 aromatic heterocycles. The Morgan fingerprint density at radius 1 is 1.16 bits per heavy atom. The van der Waals surface area contributed by atoms with E-state index in [4.69, 9.17) is 4.74 Å². The van der Waals surface area contributed by atoms with E-state index in [0.717, 1.165) is 19.4 Å². The number of rotatable bonds is 6. The highest BCUT2D eigenvalue weighted by molar-refractivity contribution is 7.89. The summed E-state index contributed by atoms with van der Waals surface area (Å²) in [4.78, 5) is 14.3. The molecular weight excluding hydrogens is 342 g/mol. The predicted octanol–water partition coefficient (Wildman–Crippen LogP) is 0.288. The van der Waals surface area contributed by atoms with E-state index in [2.05, 4.69) is 5.32 Å². The van der Waals surface area contributed by atoms with Gasteiger partial charge in [0.05, 0.1) is 17.5 Å². The minimum absolute atomic E-state index is 0.00903. The maximum atomic E-state index is 12.6. The summed E-state index contributed by atoms with van der Waals surface area (Å²) in [6, 6.07) is 8.42. The van der Waals surface area contributed by atoms with Crippen LogP contribution in [0.3, 0.4) is 0 Å². The first kappa shape index (κ1) is 18.3. The van der Waals surface area contributed by atoms with E-state index in [0.29, 0.717) is 37.6 Å². The van der Waals surface area contributed by atoms with Gasteiger partial charge in [-0.1, -0.05) is 18.2 Å². The van der Waals surface area contributed by atoms with Gasteiger partial charge >= 0.3 is 0 Å². The van der Waals surface area contributed by atoms with Crippen molar-refractivity contribution in [1.82, 2.24) is 14.5 Å². The maximum absolute atomic E-state index is 12.6. The topological polar surface area (TPSA) is 79.0 Å². The molecule has 1 aromatic rings. The second kappa shape index (κ2) is 8.27. The summed E-state index contributed by atoms with van der Waals surface area (Å²) in [5.74, 6) is 0.00903. The number of ether oxygens (including phenoxy) is 1. The van der Waals surface area contributed by atoms with Gasteiger partial charge in [-0.15, -0.1) is 0 Å². The fourth-order valence-electron chi connectivity index (χ4n) is 3.18. The number of sulfonamides is 1. The third kappa shape index (κ3) is 4.58. The van der Waals surface area contributed by atoms with Crippen LogP contribution in [0.5, 0.6) is 0 Å². The number of benzene rings is 1. The van der Waals surface area contributed by atoms with Crippen molar-refractivity contribution in [2.24, 2.45) is 0 Å². The Balaban J connectivity index is 1.45. The molecule has 1 unspecified atom stereocenters. The molecule has 0 saturated carbocycles. The van der Waals surface area contributed by atoms with Crippen LogP contribution in [0.1, 0.15) is 12.8 Å². The van der Waals surface area contributed by atoms with Crippen LogP contribution in [0.2, 0.25) is 0 Å². The zero-order valence-corrected chi connectivity index (χ0v) is 15.1. The van der Waals surface area contributed by atoms with Crippen LogP contribution in [0.15, 0.2) is 35.2 Å². The summed E-state index contributed by atoms with van der Waals surface area (Å²) in [6.07, 6.45) is 2.33. The molecule has 2 aliphatic heterocycles. The Morgan fingerprint density at radius 3 is 2.52 bits per heavy atom. The lowest BCUT2D eigenvalue weighted by Gasteiger charge is -2.34. The van der Waals surface area contributed by atoms with Gasteiger partial charge in [-0.2, -0.15) is 4.31 Å². The monoisotopic (exact) mass is 367 g/mol. The highest BCUT2D eigenvalue weighted by atomic mass is 32.2. The van der Waals surface area contributed by atoms with Gasteiger partial charge < -0.3 is 15.0 Å². The first-order valence-corrected chi connectivity index (χ1v) is 10.2. The molecule has 2 fully saturated rings. The van der Waals surface area contributed by atoms with E-state index < -0.39 is 10.0 Å². The van der Waals surface area contributed by atoms with Gasteiger partial charge in [-0.25, -0.2) is 8.42 Å². The van der Waals surface area contributed by atoms with Crippen molar-refractivity contribution in [3.05, 3.63) is 30.3 Å². The summed E-state index contributed by atoms with van der Waals surface area (Å²) < 4.78 is 32.1. The second-order valence-corrected chi connectivity index (χ2v) is 8.30. The summed E-state index contributed by atoms with van der Waals surface area (Å²) in [5.41, 5.74) is 0. The minimum atomic E-state index is -3.48. The highest BCUT2D eigenvalue weighted by Crippen LogP contribution is 2.17. The third-order valence-electron chi connectivity index (χ3n) is 4.64. The standard InChI is InChI=1S/C17H25N3O4S/c21-17(14-18-13-15-5-4-12-24-15)19-8-10-20(11-9-19)25(22,23)16-6-2-1-3-7-16/h1-3,6-7,15,18H,4-5,8-14H2. The summed E-state index contributed by atoms with van der Waals surface area (Å²) in [5, 5.41) is 3.14. The number of piperazine rings is 1. The largest absolute Gasteiger partial charge is 0.377 e. The average molecular weight is 367 g/mol. The van der Waals surface area contributed by atoms with Crippen molar-refractivity contribution in [2.45, 2.75) is 23.8 Å². The average Bonchev–Trinajstić information content (AvgIpc) is 3.16. The molecule has 1 atom stereocenters. The van der Waals surface area contributed by atoms with Crippen molar-refractivity contribution in [3.8, 4) is 0 Å². The van der Waals surface area contributed by atoms with Crippen molar-refractivity contribution >= 4 is 15.9 Å². The van der Waals surface area contributed by atoms with E-state index >= 15 is 0 Å². The number of nitrogens with zero attached hydrogens (tertiary/aromatic N) is 2. The van der Waals surface area contributed by atoms with E-state index in [1.54, 1.807) is 35.2 Å². The van der Waals surface area contributed by atoms with Crippen molar-refractivity contribution in [2.75, 3.05) is 45.9 Å². The van der Waals surface area contributed by atoms with Gasteiger partial charge in [0, 0.05) is 39.3 Å². The van der Waals surface area contributed by atoms with E-state index in [9.17, 15) is 13.2 Å². The van der Waals surface area contributed by atoms with E-state index in [1.165, 1.54) is 4.31 Å². The first-order chi connectivity index (χ1) is 12.1. The van der Waals surface area contributed by atoms with Crippen molar-refractivity contribution < 1.29 is 17.9 Å². The molecule has 2 heterocycles. The Hall–Kier alpha value is -1.48. The van der Waals surface area contributed by atoms with Crippen LogP contribution >= 0.6 is 0 Å². The van der Waals surface area contributed by atoms with E-state index in [1.807, 2.05) is 0 Å². The lowest BCUT2D eigenvalue weighted by Crippen LogP contribution is -2.52. The zero-order chi connectivity index (χ0) is 17.7. The van der Waals surface area contributed by atoms with Gasteiger partial charge in [0.2, 0.25) is 15.9 Å². The van der Waals surface area contributed by atoms with Crippen LogP contribution in [-0.4, -0.2) is 75.5 Å². The highest BCUT2D eigenvalue weighted by Gasteiger charge is 2.29. The molecule has 1 N–H and O–H groups in total. The Morgan fingerprint density at radius 2 is 1.88 bits per heavy atom. The van der Waals surface area contributed by atoms with Crippen LogP contribution in [-0.2, 0) is 19.6 Å². The fourth-order valence-corrected chi connectivity index (χ4v) is 4.62. The Labute approximate surface area is 149 Å². The number of hydrogen-bond donors (Lipinski definition) is 1. The Kier molecular flexibility index (Phi) is 6.06. The molecule has 0 radical (unpaired) electrons. The second-order valence-electron chi connectivity index (χ2n) is 6.36. The first-order valence-electron chi connectivity index (χ1n) is 8.72. The molecular formula is C17H25N3O4S. The molecule has 0 aliphatic carbocycles. The van der Waals surface area contributed by atoms with Crippen LogP contribution in [0.4, 0.5) is 0 Å². The number of nitrogens with one attached hydrogen (secondary N) is 1. The van der Waals surface area contributed by atoms with Crippen LogP contribution in [0, 0.1) is 0 Å². The molecule has 1 aromatic carbocycles. The summed E-state index contributed by atoms with van der Waals surface area (Å²) in [7, 11) is -3.48. The van der Waals surface area contributed by atoms with Gasteiger partial charge in [0.1, 0.15) is 0 Å². The van der Waals surface area contributed by atoms with Gasteiger partial charge in [-0.3, -0.25) is 4.79 Å². The molecule has 7 nitrogen and oxygen atoms in total. The number of amides is 1. The quantitative estimate of drug-likeness (QED) is 0.782. The van der Waals surface area contributed by atoms with Crippen molar-refractivity contribution in [1.29, 1.82) is 0 Å². The molecule has 138 valence electrons.